The van der Waals surface area contributed by atoms with Crippen LogP contribution in [-0.2, 0) is 0 Å². The fourth-order valence-corrected chi connectivity index (χ4v) is 2.32. The van der Waals surface area contributed by atoms with Crippen LogP contribution in [0.1, 0.15) is 36.1 Å². The molecule has 1 unspecified atom stereocenters. The summed E-state index contributed by atoms with van der Waals surface area (Å²) in [6, 6.07) is 8.18. The lowest BCUT2D eigenvalue weighted by molar-refractivity contribution is 0.547. The average molecular weight is 264 g/mol. The third kappa shape index (κ3) is 2.95. The molecular weight excluding hydrogens is 246 g/mol. The fourth-order valence-electron chi connectivity index (χ4n) is 2.10. The van der Waals surface area contributed by atoms with Gasteiger partial charge in [0.1, 0.15) is 0 Å². The molecule has 0 fully saturated rings. The van der Waals surface area contributed by atoms with Crippen LogP contribution in [-0.4, -0.2) is 6.54 Å². The van der Waals surface area contributed by atoms with Gasteiger partial charge >= 0.3 is 0 Å². The molecule has 0 aliphatic carbocycles. The minimum absolute atomic E-state index is 0.168. The second-order valence-corrected chi connectivity index (χ2v) is 4.88. The molecule has 0 amide bonds. The van der Waals surface area contributed by atoms with E-state index in [9.17, 15) is 0 Å². The Hall–Kier alpha value is -1.25. The molecule has 1 aromatic heterocycles. The minimum Gasteiger partial charge on any atom is -0.472 e. The summed E-state index contributed by atoms with van der Waals surface area (Å²) in [5.74, 6) is 0. The van der Waals surface area contributed by atoms with Crippen molar-refractivity contribution in [2.75, 3.05) is 6.54 Å². The molecule has 0 spiro atoms. The molecule has 2 nitrogen and oxygen atoms in total. The van der Waals surface area contributed by atoms with Crippen LogP contribution in [0.25, 0.3) is 0 Å². The number of benzene rings is 1. The van der Waals surface area contributed by atoms with Crippen molar-refractivity contribution < 1.29 is 4.42 Å². The van der Waals surface area contributed by atoms with Gasteiger partial charge < -0.3 is 9.73 Å². The third-order valence-corrected chi connectivity index (χ3v) is 3.25. The molecule has 3 heteroatoms. The number of hydrogen-bond acceptors (Lipinski definition) is 2. The highest BCUT2D eigenvalue weighted by atomic mass is 35.5. The standard InChI is InChI=1S/C15H18ClNO/c1-3-7-17-15(12-6-8-18-10-12)14-5-4-13(16)9-11(14)2/h4-6,8-10,15,17H,3,7H2,1-2H3. The van der Waals surface area contributed by atoms with Crippen molar-refractivity contribution in [3.05, 3.63) is 58.5 Å². The monoisotopic (exact) mass is 263 g/mol. The van der Waals surface area contributed by atoms with Gasteiger partial charge in [0.25, 0.3) is 0 Å². The van der Waals surface area contributed by atoms with E-state index in [0.29, 0.717) is 0 Å². The van der Waals surface area contributed by atoms with E-state index < -0.39 is 0 Å². The summed E-state index contributed by atoms with van der Waals surface area (Å²) in [4.78, 5) is 0. The molecule has 0 bridgehead atoms. The van der Waals surface area contributed by atoms with Gasteiger partial charge in [-0.25, -0.2) is 0 Å². The molecule has 0 saturated carbocycles. The van der Waals surface area contributed by atoms with Crippen LogP contribution in [0.4, 0.5) is 0 Å². The lowest BCUT2D eigenvalue weighted by atomic mass is 9.97. The van der Waals surface area contributed by atoms with E-state index in [4.69, 9.17) is 16.0 Å². The van der Waals surface area contributed by atoms with Crippen molar-refractivity contribution in [2.45, 2.75) is 26.3 Å². The predicted octanol–water partition coefficient (Wildman–Crippen LogP) is 4.33. The molecule has 0 radical (unpaired) electrons. The Morgan fingerprint density at radius 3 is 2.78 bits per heavy atom. The molecule has 1 heterocycles. The lowest BCUT2D eigenvalue weighted by Crippen LogP contribution is -2.23. The zero-order valence-corrected chi connectivity index (χ0v) is 11.5. The highest BCUT2D eigenvalue weighted by Crippen LogP contribution is 2.27. The molecule has 1 atom stereocenters. The molecule has 0 aliphatic rings. The second kappa shape index (κ2) is 6.07. The van der Waals surface area contributed by atoms with E-state index in [2.05, 4.69) is 25.2 Å². The zero-order valence-electron chi connectivity index (χ0n) is 10.7. The van der Waals surface area contributed by atoms with Crippen LogP contribution in [0.15, 0.2) is 41.2 Å². The van der Waals surface area contributed by atoms with Crippen LogP contribution in [0.5, 0.6) is 0 Å². The quantitative estimate of drug-likeness (QED) is 0.869. The number of furan rings is 1. The van der Waals surface area contributed by atoms with Gasteiger partial charge in [-0.15, -0.1) is 0 Å². The Bertz CT molecular complexity index is 493. The zero-order chi connectivity index (χ0) is 13.0. The maximum atomic E-state index is 6.01. The van der Waals surface area contributed by atoms with E-state index in [-0.39, 0.29) is 6.04 Å². The van der Waals surface area contributed by atoms with E-state index in [0.717, 1.165) is 23.6 Å². The number of halogens is 1. The number of aryl methyl sites for hydroxylation is 1. The predicted molar refractivity (Wildman–Crippen MR) is 75.0 cm³/mol. The van der Waals surface area contributed by atoms with Crippen LogP contribution >= 0.6 is 11.6 Å². The second-order valence-electron chi connectivity index (χ2n) is 4.44. The Labute approximate surface area is 113 Å². The van der Waals surface area contributed by atoms with Crippen LogP contribution in [0.2, 0.25) is 5.02 Å². The first-order valence-corrected chi connectivity index (χ1v) is 6.61. The molecule has 2 rings (SSSR count). The fraction of sp³-hybridized carbons (Fsp3) is 0.333. The van der Waals surface area contributed by atoms with Crippen molar-refractivity contribution >= 4 is 11.6 Å². The number of rotatable bonds is 5. The van der Waals surface area contributed by atoms with Gasteiger partial charge in [0.2, 0.25) is 0 Å². The highest BCUT2D eigenvalue weighted by molar-refractivity contribution is 6.30. The normalized spacial score (nSPS) is 12.6. The third-order valence-electron chi connectivity index (χ3n) is 3.02. The maximum Gasteiger partial charge on any atom is 0.0953 e. The molecule has 1 N–H and O–H groups in total. The van der Waals surface area contributed by atoms with Crippen LogP contribution in [0.3, 0.4) is 0 Å². The minimum atomic E-state index is 0.168. The smallest absolute Gasteiger partial charge is 0.0953 e. The average Bonchev–Trinajstić information content (AvgIpc) is 2.85. The van der Waals surface area contributed by atoms with Crippen molar-refractivity contribution in [1.29, 1.82) is 0 Å². The molecular formula is C15H18ClNO. The van der Waals surface area contributed by atoms with E-state index in [1.165, 1.54) is 11.1 Å². The summed E-state index contributed by atoms with van der Waals surface area (Å²) >= 11 is 6.01. The van der Waals surface area contributed by atoms with Crippen molar-refractivity contribution in [2.24, 2.45) is 0 Å². The summed E-state index contributed by atoms with van der Waals surface area (Å²) in [6.45, 7) is 5.22. The first-order chi connectivity index (χ1) is 8.72. The molecule has 0 aliphatic heterocycles. The highest BCUT2D eigenvalue weighted by Gasteiger charge is 2.16. The summed E-state index contributed by atoms with van der Waals surface area (Å²) in [5, 5.41) is 4.32. The molecule has 0 saturated heterocycles. The van der Waals surface area contributed by atoms with Gasteiger partial charge in [-0.1, -0.05) is 24.6 Å². The van der Waals surface area contributed by atoms with Crippen LogP contribution in [0, 0.1) is 6.92 Å². The first-order valence-electron chi connectivity index (χ1n) is 6.24. The summed E-state index contributed by atoms with van der Waals surface area (Å²) in [5.41, 5.74) is 3.58. The van der Waals surface area contributed by atoms with Crippen molar-refractivity contribution in [3.8, 4) is 0 Å². The Morgan fingerprint density at radius 2 is 2.17 bits per heavy atom. The van der Waals surface area contributed by atoms with Gasteiger partial charge in [0, 0.05) is 10.6 Å². The largest absolute Gasteiger partial charge is 0.472 e. The van der Waals surface area contributed by atoms with Gasteiger partial charge in [-0.05, 0) is 49.2 Å². The molecule has 96 valence electrons. The van der Waals surface area contributed by atoms with E-state index in [1.807, 2.05) is 18.2 Å². The summed E-state index contributed by atoms with van der Waals surface area (Å²) < 4.78 is 5.19. The SMILES string of the molecule is CCCNC(c1ccoc1)c1ccc(Cl)cc1C. The molecule has 1 aromatic carbocycles. The van der Waals surface area contributed by atoms with Gasteiger partial charge in [0.05, 0.1) is 18.6 Å². The van der Waals surface area contributed by atoms with E-state index in [1.54, 1.807) is 12.5 Å². The molecule has 2 aromatic rings. The van der Waals surface area contributed by atoms with Gasteiger partial charge in [-0.2, -0.15) is 0 Å². The van der Waals surface area contributed by atoms with Crippen LogP contribution < -0.4 is 5.32 Å². The van der Waals surface area contributed by atoms with Gasteiger partial charge in [0.15, 0.2) is 0 Å². The van der Waals surface area contributed by atoms with E-state index >= 15 is 0 Å². The Kier molecular flexibility index (Phi) is 4.45. The number of hydrogen-bond donors (Lipinski definition) is 1. The number of nitrogens with one attached hydrogen (secondary N) is 1. The lowest BCUT2D eigenvalue weighted by Gasteiger charge is -2.19. The molecule has 18 heavy (non-hydrogen) atoms. The van der Waals surface area contributed by atoms with Gasteiger partial charge in [-0.3, -0.25) is 0 Å². The topological polar surface area (TPSA) is 25.2 Å². The summed E-state index contributed by atoms with van der Waals surface area (Å²) in [7, 11) is 0. The first kappa shape index (κ1) is 13.2. The van der Waals surface area contributed by atoms with Crippen molar-refractivity contribution in [3.63, 3.8) is 0 Å². The van der Waals surface area contributed by atoms with Crippen molar-refractivity contribution in [1.82, 2.24) is 5.32 Å². The Morgan fingerprint density at radius 1 is 1.33 bits per heavy atom. The summed E-state index contributed by atoms with van der Waals surface area (Å²) in [6.07, 6.45) is 4.60. The Balaban J connectivity index is 2.33. The maximum absolute atomic E-state index is 6.01.